The fraction of sp³-hybridized carbons (Fsp3) is 0.286. The van der Waals surface area contributed by atoms with E-state index in [2.05, 4.69) is 0 Å². The van der Waals surface area contributed by atoms with Gasteiger partial charge in [-0.05, 0) is 37.3 Å². The third-order valence-electron chi connectivity index (χ3n) is 4.86. The molecule has 1 fully saturated rings. The summed E-state index contributed by atoms with van der Waals surface area (Å²) >= 11 is 12.6. The lowest BCUT2D eigenvalue weighted by Gasteiger charge is -2.29. The highest BCUT2D eigenvalue weighted by atomic mass is 35.5. The SMILES string of the molecule is CCOC(=O)c1c(N2CCOCC2)c2c(Cl)c(F)ccc2n1-c1cccc(Cl)c1. The molecule has 2 aromatic carbocycles. The number of fused-ring (bicyclic) bond motifs is 1. The van der Waals surface area contributed by atoms with Gasteiger partial charge in [0.15, 0.2) is 5.69 Å². The lowest BCUT2D eigenvalue weighted by atomic mass is 10.2. The van der Waals surface area contributed by atoms with Crippen LogP contribution in [0.2, 0.25) is 10.0 Å². The lowest BCUT2D eigenvalue weighted by Crippen LogP contribution is -2.37. The van der Waals surface area contributed by atoms with E-state index in [4.69, 9.17) is 32.7 Å². The summed E-state index contributed by atoms with van der Waals surface area (Å²) in [6, 6.07) is 10.0. The third kappa shape index (κ3) is 3.56. The fourth-order valence-corrected chi connectivity index (χ4v) is 4.10. The molecular weight excluding hydrogens is 418 g/mol. The second-order valence-electron chi connectivity index (χ2n) is 6.59. The number of anilines is 1. The van der Waals surface area contributed by atoms with Crippen LogP contribution in [0.15, 0.2) is 36.4 Å². The zero-order chi connectivity index (χ0) is 20.5. The van der Waals surface area contributed by atoms with Crippen LogP contribution in [0, 0.1) is 5.82 Å². The molecule has 1 aromatic heterocycles. The average molecular weight is 437 g/mol. The van der Waals surface area contributed by atoms with Crippen LogP contribution in [-0.4, -0.2) is 43.4 Å². The van der Waals surface area contributed by atoms with Crippen LogP contribution in [0.4, 0.5) is 10.1 Å². The number of aromatic nitrogens is 1. The standard InChI is InChI=1S/C21H19Cl2FN2O3/c1-2-29-21(27)20-19(25-8-10-28-11-9-25)17-16(7-6-15(24)18(17)23)26(20)14-5-3-4-13(22)12-14/h3-7,12H,2,8-11H2,1H3. The smallest absolute Gasteiger partial charge is 0.357 e. The highest BCUT2D eigenvalue weighted by Gasteiger charge is 2.31. The maximum absolute atomic E-state index is 14.4. The molecule has 0 bridgehead atoms. The maximum atomic E-state index is 14.4. The monoisotopic (exact) mass is 436 g/mol. The van der Waals surface area contributed by atoms with Gasteiger partial charge in [0.25, 0.3) is 0 Å². The van der Waals surface area contributed by atoms with Crippen LogP contribution in [0.1, 0.15) is 17.4 Å². The van der Waals surface area contributed by atoms with E-state index < -0.39 is 11.8 Å². The Hall–Kier alpha value is -2.28. The van der Waals surface area contributed by atoms with E-state index in [0.717, 1.165) is 0 Å². The van der Waals surface area contributed by atoms with Crippen molar-refractivity contribution in [3.63, 3.8) is 0 Å². The first-order valence-corrected chi connectivity index (χ1v) is 10.1. The number of carbonyl (C=O) groups excluding carboxylic acids is 1. The Labute approximate surface area is 177 Å². The molecule has 0 radical (unpaired) electrons. The van der Waals surface area contributed by atoms with E-state index in [1.165, 1.54) is 6.07 Å². The number of ether oxygens (including phenoxy) is 2. The molecule has 8 heteroatoms. The number of morpholine rings is 1. The minimum absolute atomic E-state index is 0.0321. The molecule has 29 heavy (non-hydrogen) atoms. The van der Waals surface area contributed by atoms with Crippen molar-refractivity contribution < 1.29 is 18.7 Å². The van der Waals surface area contributed by atoms with Crippen LogP contribution >= 0.6 is 23.2 Å². The number of hydrogen-bond donors (Lipinski definition) is 0. The van der Waals surface area contributed by atoms with Crippen LogP contribution in [0.5, 0.6) is 0 Å². The van der Waals surface area contributed by atoms with Crippen molar-refractivity contribution in [1.29, 1.82) is 0 Å². The van der Waals surface area contributed by atoms with Gasteiger partial charge in [-0.3, -0.25) is 0 Å². The molecule has 0 unspecified atom stereocenters. The highest BCUT2D eigenvalue weighted by Crippen LogP contribution is 2.42. The van der Waals surface area contributed by atoms with Gasteiger partial charge >= 0.3 is 5.97 Å². The van der Waals surface area contributed by atoms with E-state index in [1.54, 1.807) is 35.8 Å². The average Bonchev–Trinajstić information content (AvgIpc) is 3.07. The van der Waals surface area contributed by atoms with Gasteiger partial charge < -0.3 is 18.9 Å². The number of esters is 1. The van der Waals surface area contributed by atoms with Crippen molar-refractivity contribution in [3.8, 4) is 5.69 Å². The Morgan fingerprint density at radius 1 is 1.21 bits per heavy atom. The first kappa shape index (κ1) is 20.0. The van der Waals surface area contributed by atoms with Gasteiger partial charge in [-0.1, -0.05) is 29.3 Å². The first-order chi connectivity index (χ1) is 14.0. The van der Waals surface area contributed by atoms with Crippen LogP contribution in [0.3, 0.4) is 0 Å². The summed E-state index contributed by atoms with van der Waals surface area (Å²) < 4.78 is 27.0. The maximum Gasteiger partial charge on any atom is 0.357 e. The Morgan fingerprint density at radius 2 is 1.97 bits per heavy atom. The molecule has 4 rings (SSSR count). The predicted molar refractivity (Wildman–Crippen MR) is 112 cm³/mol. The van der Waals surface area contributed by atoms with Gasteiger partial charge in [-0.2, -0.15) is 0 Å². The first-order valence-electron chi connectivity index (χ1n) is 9.31. The number of nitrogens with zero attached hydrogens (tertiary/aromatic N) is 2. The van der Waals surface area contributed by atoms with E-state index in [-0.39, 0.29) is 11.6 Å². The number of benzene rings is 2. The quantitative estimate of drug-likeness (QED) is 0.534. The molecule has 0 amide bonds. The molecule has 5 nitrogen and oxygen atoms in total. The Bertz CT molecular complexity index is 1080. The van der Waals surface area contributed by atoms with Crippen LogP contribution in [-0.2, 0) is 9.47 Å². The third-order valence-corrected chi connectivity index (χ3v) is 5.47. The van der Waals surface area contributed by atoms with Crippen molar-refractivity contribution in [1.82, 2.24) is 4.57 Å². The van der Waals surface area contributed by atoms with Gasteiger partial charge in [0, 0.05) is 29.2 Å². The minimum Gasteiger partial charge on any atom is -0.461 e. The number of hydrogen-bond acceptors (Lipinski definition) is 4. The second kappa shape index (κ2) is 8.22. The fourth-order valence-electron chi connectivity index (χ4n) is 3.66. The van der Waals surface area contributed by atoms with Crippen molar-refractivity contribution in [2.45, 2.75) is 6.92 Å². The number of halogens is 3. The van der Waals surface area contributed by atoms with Gasteiger partial charge in [-0.25, -0.2) is 9.18 Å². The zero-order valence-corrected chi connectivity index (χ0v) is 17.3. The summed E-state index contributed by atoms with van der Waals surface area (Å²) in [4.78, 5) is 15.1. The Balaban J connectivity index is 2.11. The lowest BCUT2D eigenvalue weighted by molar-refractivity contribution is 0.0517. The van der Waals surface area contributed by atoms with Gasteiger partial charge in [0.2, 0.25) is 0 Å². The largest absolute Gasteiger partial charge is 0.461 e. The molecule has 152 valence electrons. The molecule has 0 saturated carbocycles. The molecule has 0 atom stereocenters. The topological polar surface area (TPSA) is 43.7 Å². The Kier molecular flexibility index (Phi) is 5.67. The summed E-state index contributed by atoms with van der Waals surface area (Å²) in [6.45, 7) is 4.05. The molecule has 1 saturated heterocycles. The summed E-state index contributed by atoms with van der Waals surface area (Å²) in [7, 11) is 0. The minimum atomic E-state index is -0.549. The van der Waals surface area contributed by atoms with E-state index in [9.17, 15) is 9.18 Å². The molecule has 0 spiro atoms. The molecule has 0 N–H and O–H groups in total. The van der Waals surface area contributed by atoms with Crippen LogP contribution < -0.4 is 4.90 Å². The molecule has 1 aliphatic heterocycles. The Morgan fingerprint density at radius 3 is 2.66 bits per heavy atom. The zero-order valence-electron chi connectivity index (χ0n) is 15.8. The summed E-state index contributed by atoms with van der Waals surface area (Å²) in [5, 5.41) is 0.951. The summed E-state index contributed by atoms with van der Waals surface area (Å²) in [5.41, 5.74) is 2.10. The van der Waals surface area contributed by atoms with E-state index in [1.807, 2.05) is 11.0 Å². The summed E-state index contributed by atoms with van der Waals surface area (Å²) in [6.07, 6.45) is 0. The molecule has 3 aromatic rings. The number of rotatable bonds is 4. The molecule has 0 aliphatic carbocycles. The summed E-state index contributed by atoms with van der Waals surface area (Å²) in [5.74, 6) is -1.06. The van der Waals surface area contributed by atoms with Crippen molar-refractivity contribution in [2.75, 3.05) is 37.8 Å². The normalized spacial score (nSPS) is 14.4. The molecular formula is C21H19Cl2FN2O3. The number of carbonyl (C=O) groups is 1. The molecule has 2 heterocycles. The van der Waals surface area contributed by atoms with Crippen molar-refractivity contribution in [2.24, 2.45) is 0 Å². The second-order valence-corrected chi connectivity index (χ2v) is 7.40. The molecule has 1 aliphatic rings. The highest BCUT2D eigenvalue weighted by molar-refractivity contribution is 6.37. The van der Waals surface area contributed by atoms with Crippen LogP contribution in [0.25, 0.3) is 16.6 Å². The predicted octanol–water partition coefficient (Wildman–Crippen LogP) is 5.09. The van der Waals surface area contributed by atoms with Gasteiger partial charge in [0.1, 0.15) is 5.82 Å². The van der Waals surface area contributed by atoms with Crippen molar-refractivity contribution in [3.05, 3.63) is 58.0 Å². The van der Waals surface area contributed by atoms with E-state index >= 15 is 0 Å². The van der Waals surface area contributed by atoms with Crippen molar-refractivity contribution >= 4 is 45.8 Å². The van der Waals surface area contributed by atoms with Gasteiger partial charge in [0.05, 0.1) is 36.0 Å². The van der Waals surface area contributed by atoms with E-state index in [0.29, 0.717) is 59.3 Å². The van der Waals surface area contributed by atoms with Gasteiger partial charge in [-0.15, -0.1) is 0 Å².